The molecule has 128 valence electrons. The molecule has 7 nitrogen and oxygen atoms in total. The van der Waals surface area contributed by atoms with E-state index in [0.29, 0.717) is 12.3 Å². The second-order valence-corrected chi connectivity index (χ2v) is 5.89. The molecule has 0 bridgehead atoms. The highest BCUT2D eigenvalue weighted by Crippen LogP contribution is 2.28. The minimum absolute atomic E-state index is 0. The van der Waals surface area contributed by atoms with Crippen molar-refractivity contribution in [1.29, 1.82) is 0 Å². The van der Waals surface area contributed by atoms with Crippen LogP contribution in [0.3, 0.4) is 0 Å². The molecular weight excluding hydrogens is 322 g/mol. The molecular formula is C15H22ClN3O4. The Hall–Kier alpha value is -1.86. The Morgan fingerprint density at radius 3 is 2.65 bits per heavy atom. The predicted octanol–water partition coefficient (Wildman–Crippen LogP) is 2.14. The summed E-state index contributed by atoms with van der Waals surface area (Å²) < 4.78 is 5.12. The van der Waals surface area contributed by atoms with Crippen LogP contribution in [0.15, 0.2) is 18.2 Å². The van der Waals surface area contributed by atoms with Crippen molar-refractivity contribution in [3.63, 3.8) is 0 Å². The zero-order valence-electron chi connectivity index (χ0n) is 13.3. The maximum absolute atomic E-state index is 12.4. The van der Waals surface area contributed by atoms with Crippen molar-refractivity contribution in [2.24, 2.45) is 5.41 Å². The monoisotopic (exact) mass is 343 g/mol. The molecule has 0 atom stereocenters. The Labute approximate surface area is 141 Å². The Kier molecular flexibility index (Phi) is 6.78. The largest absolute Gasteiger partial charge is 0.496 e. The van der Waals surface area contributed by atoms with Gasteiger partial charge in [0.2, 0.25) is 0 Å². The van der Waals surface area contributed by atoms with Crippen molar-refractivity contribution >= 4 is 24.0 Å². The van der Waals surface area contributed by atoms with E-state index in [2.05, 4.69) is 17.6 Å². The molecule has 1 saturated heterocycles. The van der Waals surface area contributed by atoms with Crippen LogP contribution in [0.5, 0.6) is 5.75 Å². The highest BCUT2D eigenvalue weighted by molar-refractivity contribution is 5.97. The average molecular weight is 344 g/mol. The lowest BCUT2D eigenvalue weighted by Crippen LogP contribution is -2.42. The number of nitrogens with one attached hydrogen (secondary N) is 2. The summed E-state index contributed by atoms with van der Waals surface area (Å²) in [5.74, 6) is -0.0149. The first-order chi connectivity index (χ1) is 10.4. The number of non-ortho nitro benzene ring substituents is 1. The summed E-state index contributed by atoms with van der Waals surface area (Å²) >= 11 is 0. The van der Waals surface area contributed by atoms with Gasteiger partial charge in [0.25, 0.3) is 11.6 Å². The summed E-state index contributed by atoms with van der Waals surface area (Å²) in [5.41, 5.74) is 0.114. The molecule has 0 aromatic heterocycles. The number of halogens is 1. The number of carbonyl (C=O) groups excluding carboxylic acids is 1. The molecule has 1 aliphatic rings. The Balaban J connectivity index is 0.00000264. The van der Waals surface area contributed by atoms with Crippen LogP contribution in [0.2, 0.25) is 0 Å². The van der Waals surface area contributed by atoms with Crippen molar-refractivity contribution in [2.45, 2.75) is 19.8 Å². The van der Waals surface area contributed by atoms with Gasteiger partial charge in [0.15, 0.2) is 0 Å². The number of rotatable bonds is 5. The van der Waals surface area contributed by atoms with Gasteiger partial charge in [-0.05, 0) is 37.4 Å². The zero-order valence-corrected chi connectivity index (χ0v) is 14.1. The highest BCUT2D eigenvalue weighted by atomic mass is 35.5. The molecule has 1 aromatic rings. The molecule has 1 heterocycles. The summed E-state index contributed by atoms with van der Waals surface area (Å²) in [7, 11) is 1.44. The molecule has 1 aromatic carbocycles. The van der Waals surface area contributed by atoms with Crippen LogP contribution in [0.1, 0.15) is 30.1 Å². The van der Waals surface area contributed by atoms with Crippen molar-refractivity contribution < 1.29 is 14.5 Å². The van der Waals surface area contributed by atoms with Crippen LogP contribution in [0.4, 0.5) is 5.69 Å². The molecule has 8 heteroatoms. The average Bonchev–Trinajstić information content (AvgIpc) is 2.52. The van der Waals surface area contributed by atoms with Gasteiger partial charge in [-0.1, -0.05) is 6.92 Å². The number of nitro groups is 1. The normalized spacial score (nSPS) is 16.1. The fraction of sp³-hybridized carbons (Fsp3) is 0.533. The van der Waals surface area contributed by atoms with Gasteiger partial charge in [0.05, 0.1) is 17.6 Å². The number of hydrogen-bond donors (Lipinski definition) is 2. The van der Waals surface area contributed by atoms with Crippen LogP contribution in [-0.2, 0) is 0 Å². The van der Waals surface area contributed by atoms with E-state index in [1.807, 2.05) is 0 Å². The van der Waals surface area contributed by atoms with Gasteiger partial charge in [-0.2, -0.15) is 0 Å². The van der Waals surface area contributed by atoms with Crippen molar-refractivity contribution in [3.05, 3.63) is 33.9 Å². The summed E-state index contributed by atoms with van der Waals surface area (Å²) in [6.07, 6.45) is 1.97. The molecule has 0 saturated carbocycles. The second kappa shape index (κ2) is 8.12. The molecule has 1 aliphatic heterocycles. The third kappa shape index (κ3) is 4.80. The molecule has 1 amide bonds. The summed E-state index contributed by atoms with van der Waals surface area (Å²) in [4.78, 5) is 22.7. The third-order valence-electron chi connectivity index (χ3n) is 4.12. The number of hydrogen-bond acceptors (Lipinski definition) is 5. The number of amides is 1. The third-order valence-corrected chi connectivity index (χ3v) is 4.12. The molecule has 2 rings (SSSR count). The van der Waals surface area contributed by atoms with Crippen LogP contribution >= 0.6 is 12.4 Å². The number of nitrogens with zero attached hydrogens (tertiary/aromatic N) is 1. The van der Waals surface area contributed by atoms with E-state index in [1.165, 1.54) is 25.3 Å². The summed E-state index contributed by atoms with van der Waals surface area (Å²) in [6, 6.07) is 4.02. The molecule has 0 radical (unpaired) electrons. The van der Waals surface area contributed by atoms with Gasteiger partial charge in [-0.3, -0.25) is 14.9 Å². The standard InChI is InChI=1S/C15H21N3O4.ClH/c1-15(5-7-16-8-6-15)10-17-14(19)12-9-11(18(20)21)3-4-13(12)22-2;/h3-4,9,16H,5-8,10H2,1-2H3,(H,17,19);1H. The van der Waals surface area contributed by atoms with E-state index in [4.69, 9.17) is 4.74 Å². The number of ether oxygens (including phenoxy) is 1. The molecule has 0 spiro atoms. The lowest BCUT2D eigenvalue weighted by atomic mass is 9.81. The van der Waals surface area contributed by atoms with Crippen molar-refractivity contribution in [2.75, 3.05) is 26.7 Å². The maximum Gasteiger partial charge on any atom is 0.270 e. The molecule has 2 N–H and O–H groups in total. The molecule has 1 fully saturated rings. The molecule has 23 heavy (non-hydrogen) atoms. The maximum atomic E-state index is 12.4. The lowest BCUT2D eigenvalue weighted by Gasteiger charge is -2.34. The van der Waals surface area contributed by atoms with Gasteiger partial charge in [0, 0.05) is 18.7 Å². The number of benzene rings is 1. The number of carbonyl (C=O) groups is 1. The van der Waals surface area contributed by atoms with Crippen LogP contribution in [0, 0.1) is 15.5 Å². The van der Waals surface area contributed by atoms with Crippen LogP contribution < -0.4 is 15.4 Å². The van der Waals surface area contributed by atoms with Gasteiger partial charge >= 0.3 is 0 Å². The number of piperidine rings is 1. The lowest BCUT2D eigenvalue weighted by molar-refractivity contribution is -0.384. The number of methoxy groups -OCH3 is 1. The van der Waals surface area contributed by atoms with E-state index in [0.717, 1.165) is 25.9 Å². The predicted molar refractivity (Wildman–Crippen MR) is 89.4 cm³/mol. The summed E-state index contributed by atoms with van der Waals surface area (Å²) in [6.45, 7) is 4.55. The van der Waals surface area contributed by atoms with Crippen molar-refractivity contribution in [1.82, 2.24) is 10.6 Å². The van der Waals surface area contributed by atoms with E-state index in [9.17, 15) is 14.9 Å². The quantitative estimate of drug-likeness (QED) is 0.631. The van der Waals surface area contributed by atoms with Crippen LogP contribution in [-0.4, -0.2) is 37.6 Å². The minimum atomic E-state index is -0.523. The smallest absolute Gasteiger partial charge is 0.270 e. The van der Waals surface area contributed by atoms with Gasteiger partial charge in [-0.25, -0.2) is 0 Å². The van der Waals surface area contributed by atoms with Gasteiger partial charge in [-0.15, -0.1) is 12.4 Å². The Morgan fingerprint density at radius 2 is 2.09 bits per heavy atom. The van der Waals surface area contributed by atoms with E-state index in [1.54, 1.807) is 0 Å². The SMILES string of the molecule is COc1ccc([N+](=O)[O-])cc1C(=O)NCC1(C)CCNCC1.Cl. The first-order valence-electron chi connectivity index (χ1n) is 7.26. The van der Waals surface area contributed by atoms with Gasteiger partial charge < -0.3 is 15.4 Å². The van der Waals surface area contributed by atoms with Crippen LogP contribution in [0.25, 0.3) is 0 Å². The van der Waals surface area contributed by atoms with E-state index in [-0.39, 0.29) is 35.0 Å². The van der Waals surface area contributed by atoms with E-state index < -0.39 is 4.92 Å². The number of nitro benzene ring substituents is 1. The Morgan fingerprint density at radius 1 is 1.43 bits per heavy atom. The zero-order chi connectivity index (χ0) is 16.2. The topological polar surface area (TPSA) is 93.5 Å². The first kappa shape index (κ1) is 19.2. The molecule has 0 aliphatic carbocycles. The van der Waals surface area contributed by atoms with Crippen molar-refractivity contribution in [3.8, 4) is 5.75 Å². The van der Waals surface area contributed by atoms with Gasteiger partial charge in [0.1, 0.15) is 5.75 Å². The Bertz CT molecular complexity index is 574. The fourth-order valence-electron chi connectivity index (χ4n) is 2.58. The van der Waals surface area contributed by atoms with E-state index >= 15 is 0 Å². The molecule has 0 unspecified atom stereocenters. The minimum Gasteiger partial charge on any atom is -0.496 e. The highest BCUT2D eigenvalue weighted by Gasteiger charge is 2.28. The summed E-state index contributed by atoms with van der Waals surface area (Å²) in [5, 5.41) is 17.0. The second-order valence-electron chi connectivity index (χ2n) is 5.89. The first-order valence-corrected chi connectivity index (χ1v) is 7.26. The fourth-order valence-corrected chi connectivity index (χ4v) is 2.58.